The van der Waals surface area contributed by atoms with Crippen molar-refractivity contribution in [2.45, 2.75) is 225 Å². The Balaban J connectivity index is 4.69. The normalized spacial score (nSPS) is 13.9. The van der Waals surface area contributed by atoms with Gasteiger partial charge in [0.25, 0.3) is 0 Å². The molecule has 1 amide bonds. The maximum absolute atomic E-state index is 13.1. The summed E-state index contributed by atoms with van der Waals surface area (Å²) < 4.78 is 5.85. The highest BCUT2D eigenvalue weighted by atomic mass is 16.5. The summed E-state index contributed by atoms with van der Waals surface area (Å²) in [6.07, 6.45) is 50.0. The van der Waals surface area contributed by atoms with Gasteiger partial charge in [-0.3, -0.25) is 9.59 Å². The average molecular weight is 756 g/mol. The first-order valence-electron chi connectivity index (χ1n) is 22.6. The third kappa shape index (κ3) is 36.5. The second-order valence-corrected chi connectivity index (χ2v) is 15.2. The maximum atomic E-state index is 13.1. The molecular weight excluding hydrogens is 671 g/mol. The third-order valence-corrected chi connectivity index (χ3v) is 9.99. The van der Waals surface area contributed by atoms with Crippen LogP contribution in [0.25, 0.3) is 0 Å². The lowest BCUT2D eigenvalue weighted by atomic mass is 10.0. The fourth-order valence-corrected chi connectivity index (χ4v) is 6.57. The highest BCUT2D eigenvalue weighted by molar-refractivity contribution is 5.77. The van der Waals surface area contributed by atoms with Gasteiger partial charge in [0.15, 0.2) is 0 Å². The van der Waals surface area contributed by atoms with Gasteiger partial charge >= 0.3 is 5.97 Å². The first kappa shape index (κ1) is 51.6. The Bertz CT molecular complexity index is 984. The zero-order valence-electron chi connectivity index (χ0n) is 35.3. The van der Waals surface area contributed by atoms with Gasteiger partial charge in [0, 0.05) is 6.42 Å². The highest BCUT2D eigenvalue weighted by Crippen LogP contribution is 2.17. The van der Waals surface area contributed by atoms with E-state index in [2.05, 4.69) is 38.2 Å². The van der Waals surface area contributed by atoms with Crippen molar-refractivity contribution in [2.24, 2.45) is 0 Å². The van der Waals surface area contributed by atoms with E-state index in [9.17, 15) is 19.8 Å². The number of allylic oxidation sites excluding steroid dienone is 10. The lowest BCUT2D eigenvalue weighted by molar-refractivity contribution is -0.151. The fraction of sp³-hybridized carbons (Fsp3) is 0.750. The minimum atomic E-state index is -0.804. The van der Waals surface area contributed by atoms with E-state index in [4.69, 9.17) is 4.74 Å². The lowest BCUT2D eigenvalue weighted by Gasteiger charge is -2.24. The Hall–Kier alpha value is -2.44. The second kappa shape index (κ2) is 41.7. The molecule has 6 nitrogen and oxygen atoms in total. The number of hydrogen-bond donors (Lipinski definition) is 3. The summed E-state index contributed by atoms with van der Waals surface area (Å²) in [6, 6.07) is -0.722. The van der Waals surface area contributed by atoms with Crippen LogP contribution in [0.3, 0.4) is 0 Å². The molecular formula is C48H85NO5. The molecule has 0 radical (unpaired) electrons. The van der Waals surface area contributed by atoms with Gasteiger partial charge in [-0.25, -0.2) is 0 Å². The van der Waals surface area contributed by atoms with Crippen molar-refractivity contribution in [3.8, 4) is 0 Å². The van der Waals surface area contributed by atoms with E-state index in [0.29, 0.717) is 19.3 Å². The van der Waals surface area contributed by atoms with Crippen LogP contribution in [-0.4, -0.2) is 46.9 Å². The van der Waals surface area contributed by atoms with Crippen LogP contribution in [0.5, 0.6) is 0 Å². The molecule has 3 N–H and O–H groups in total. The van der Waals surface area contributed by atoms with E-state index in [0.717, 1.165) is 57.8 Å². The molecule has 3 atom stereocenters. The largest absolute Gasteiger partial charge is 0.462 e. The zero-order chi connectivity index (χ0) is 39.6. The van der Waals surface area contributed by atoms with Crippen LogP contribution in [0.1, 0.15) is 207 Å². The Kier molecular flexibility index (Phi) is 39.8. The minimum absolute atomic E-state index is 0.0286. The van der Waals surface area contributed by atoms with E-state index in [-0.39, 0.29) is 24.9 Å². The van der Waals surface area contributed by atoms with E-state index in [1.165, 1.54) is 103 Å². The molecule has 6 heteroatoms. The summed E-state index contributed by atoms with van der Waals surface area (Å²) >= 11 is 0. The molecule has 0 aromatic rings. The first-order chi connectivity index (χ1) is 26.5. The molecule has 0 heterocycles. The Morgan fingerprint density at radius 2 is 1.00 bits per heavy atom. The molecule has 0 rings (SSSR count). The quantitative estimate of drug-likeness (QED) is 0.0330. The second-order valence-electron chi connectivity index (χ2n) is 15.2. The van der Waals surface area contributed by atoms with Crippen molar-refractivity contribution in [3.05, 3.63) is 60.8 Å². The van der Waals surface area contributed by atoms with Crippen LogP contribution in [0.2, 0.25) is 0 Å². The van der Waals surface area contributed by atoms with E-state index < -0.39 is 18.2 Å². The summed E-state index contributed by atoms with van der Waals surface area (Å²) in [7, 11) is 0. The number of aliphatic hydroxyl groups excluding tert-OH is 2. The van der Waals surface area contributed by atoms with E-state index >= 15 is 0 Å². The number of ether oxygens (including phenoxy) is 1. The number of carbonyl (C=O) groups excluding carboxylic acids is 2. The van der Waals surface area contributed by atoms with Gasteiger partial charge in [-0.05, 0) is 38.5 Å². The van der Waals surface area contributed by atoms with Crippen LogP contribution >= 0.6 is 0 Å². The van der Waals surface area contributed by atoms with Gasteiger partial charge in [-0.15, -0.1) is 0 Å². The predicted octanol–water partition coefficient (Wildman–Crippen LogP) is 12.9. The predicted molar refractivity (Wildman–Crippen MR) is 232 cm³/mol. The molecule has 0 aliphatic carbocycles. The molecule has 312 valence electrons. The van der Waals surface area contributed by atoms with E-state index in [1.54, 1.807) is 0 Å². The molecule has 0 fully saturated rings. The Labute approximate surface area is 333 Å². The van der Waals surface area contributed by atoms with Crippen molar-refractivity contribution in [3.63, 3.8) is 0 Å². The Morgan fingerprint density at radius 1 is 0.556 bits per heavy atom. The molecule has 0 aliphatic rings. The van der Waals surface area contributed by atoms with Gasteiger partial charge in [0.05, 0.1) is 25.2 Å². The summed E-state index contributed by atoms with van der Waals surface area (Å²) in [5, 5.41) is 23.6. The van der Waals surface area contributed by atoms with Crippen LogP contribution in [-0.2, 0) is 14.3 Å². The molecule has 0 bridgehead atoms. The van der Waals surface area contributed by atoms with Gasteiger partial charge in [0.1, 0.15) is 6.10 Å². The maximum Gasteiger partial charge on any atom is 0.306 e. The van der Waals surface area contributed by atoms with Gasteiger partial charge in [0.2, 0.25) is 5.91 Å². The fourth-order valence-electron chi connectivity index (χ4n) is 6.57. The molecule has 0 aliphatic heterocycles. The molecule has 0 spiro atoms. The van der Waals surface area contributed by atoms with Crippen LogP contribution < -0.4 is 5.32 Å². The third-order valence-electron chi connectivity index (χ3n) is 9.99. The van der Waals surface area contributed by atoms with Crippen molar-refractivity contribution in [1.29, 1.82) is 0 Å². The first-order valence-corrected chi connectivity index (χ1v) is 22.6. The topological polar surface area (TPSA) is 95.9 Å². The summed E-state index contributed by atoms with van der Waals surface area (Å²) in [6.45, 7) is 6.28. The minimum Gasteiger partial charge on any atom is -0.462 e. The van der Waals surface area contributed by atoms with Crippen LogP contribution in [0.4, 0.5) is 0 Å². The van der Waals surface area contributed by atoms with Crippen LogP contribution in [0, 0.1) is 0 Å². The standard InChI is InChI=1S/C48H85NO5/c1-4-7-10-13-16-19-21-23-25-28-30-33-36-39-44(54-48(53)41-38-35-32-27-18-15-12-9-6-3)42-47(52)49-45(43-50)46(51)40-37-34-31-29-26-24-22-20-17-14-11-8-5-2/h7,10,13,16,19,21,23,25,28,30,44-46,50-51H,4-6,8-9,11-12,14-15,17-18,20,22,24,26-27,29,31-43H2,1-3H3,(H,49,52)/b10-7+,16-13+,21-19-,25-23-,30-28+. The van der Waals surface area contributed by atoms with Crippen LogP contribution in [0.15, 0.2) is 60.8 Å². The molecule has 0 aromatic heterocycles. The molecule has 0 saturated heterocycles. The zero-order valence-corrected chi connectivity index (χ0v) is 35.3. The highest BCUT2D eigenvalue weighted by Gasteiger charge is 2.24. The number of aliphatic hydroxyl groups is 2. The summed E-state index contributed by atoms with van der Waals surface area (Å²) in [4.78, 5) is 25.9. The monoisotopic (exact) mass is 756 g/mol. The summed E-state index contributed by atoms with van der Waals surface area (Å²) in [5.41, 5.74) is 0. The van der Waals surface area contributed by atoms with Crippen molar-refractivity contribution >= 4 is 11.9 Å². The molecule has 54 heavy (non-hydrogen) atoms. The number of amides is 1. The number of carbonyl (C=O) groups is 2. The van der Waals surface area contributed by atoms with Crippen molar-refractivity contribution < 1.29 is 24.5 Å². The van der Waals surface area contributed by atoms with Crippen molar-refractivity contribution in [2.75, 3.05) is 6.61 Å². The van der Waals surface area contributed by atoms with Crippen molar-refractivity contribution in [1.82, 2.24) is 5.32 Å². The molecule has 0 saturated carbocycles. The summed E-state index contributed by atoms with van der Waals surface area (Å²) in [5.74, 6) is -0.551. The molecule has 0 aromatic carbocycles. The number of esters is 1. The number of nitrogens with one attached hydrogen (secondary N) is 1. The number of rotatable bonds is 39. The van der Waals surface area contributed by atoms with Gasteiger partial charge < -0.3 is 20.3 Å². The average Bonchev–Trinajstić information content (AvgIpc) is 3.16. The van der Waals surface area contributed by atoms with E-state index in [1.807, 2.05) is 48.6 Å². The van der Waals surface area contributed by atoms with Gasteiger partial charge in [-0.1, -0.05) is 216 Å². The lowest BCUT2D eigenvalue weighted by Crippen LogP contribution is -2.46. The number of hydrogen-bond acceptors (Lipinski definition) is 5. The SMILES string of the molecule is CC/C=C/C=C/C=C\C=C/C=C/CCCC(CC(=O)NC(CO)C(O)CCCCCCCCCCCCCCC)OC(=O)CCCCCCCCCCC. The van der Waals surface area contributed by atoms with Gasteiger partial charge in [-0.2, -0.15) is 0 Å². The Morgan fingerprint density at radius 3 is 1.48 bits per heavy atom. The molecule has 3 unspecified atom stereocenters. The smallest absolute Gasteiger partial charge is 0.306 e. The number of unbranched alkanes of at least 4 members (excludes halogenated alkanes) is 21.